The van der Waals surface area contributed by atoms with Gasteiger partial charge in [-0.1, -0.05) is 30.3 Å². The molecule has 1 saturated heterocycles. The number of benzene rings is 2. The minimum Gasteiger partial charge on any atom is -0.387 e. The topological polar surface area (TPSA) is 65.1 Å². The van der Waals surface area contributed by atoms with Gasteiger partial charge in [0.2, 0.25) is 0 Å². The second-order valence-electron chi connectivity index (χ2n) is 6.14. The van der Waals surface area contributed by atoms with Crippen molar-refractivity contribution in [1.82, 2.24) is 10.3 Å². The highest BCUT2D eigenvalue weighted by Gasteiger charge is 2.32. The molecule has 4 nitrogen and oxygen atoms in total. The summed E-state index contributed by atoms with van der Waals surface area (Å²) in [5.74, 6) is 1.46. The Balaban J connectivity index is 1.61. The monoisotopic (exact) mass is 326 g/mol. The number of amides is 1. The van der Waals surface area contributed by atoms with Crippen molar-refractivity contribution in [2.75, 3.05) is 18.1 Å². The first kappa shape index (κ1) is 14.6. The van der Waals surface area contributed by atoms with Crippen LogP contribution in [0.1, 0.15) is 16.9 Å². The van der Waals surface area contributed by atoms with E-state index >= 15 is 0 Å². The van der Waals surface area contributed by atoms with E-state index in [0.717, 1.165) is 33.8 Å². The van der Waals surface area contributed by atoms with Crippen LogP contribution in [0.25, 0.3) is 21.7 Å². The Bertz CT molecular complexity index is 881. The van der Waals surface area contributed by atoms with Crippen molar-refractivity contribution in [2.24, 2.45) is 0 Å². The third kappa shape index (κ3) is 2.71. The summed E-state index contributed by atoms with van der Waals surface area (Å²) in [6, 6.07) is 14.1. The van der Waals surface area contributed by atoms with Crippen molar-refractivity contribution in [2.45, 2.75) is 12.0 Å². The quantitative estimate of drug-likeness (QED) is 0.693. The van der Waals surface area contributed by atoms with Gasteiger partial charge in [0.25, 0.3) is 5.91 Å². The number of hydrogen-bond donors (Lipinski definition) is 3. The predicted octanol–water partition coefficient (Wildman–Crippen LogP) is 2.92. The molecule has 23 heavy (non-hydrogen) atoms. The Morgan fingerprint density at radius 1 is 1.26 bits per heavy atom. The number of carbonyl (C=O) groups is 1. The fourth-order valence-electron chi connectivity index (χ4n) is 3.08. The summed E-state index contributed by atoms with van der Waals surface area (Å²) in [5.41, 5.74) is 0.716. The molecule has 0 bridgehead atoms. The van der Waals surface area contributed by atoms with E-state index in [1.165, 1.54) is 0 Å². The molecule has 3 N–H and O–H groups in total. The van der Waals surface area contributed by atoms with Crippen molar-refractivity contribution in [3.63, 3.8) is 0 Å². The zero-order valence-corrected chi connectivity index (χ0v) is 13.5. The van der Waals surface area contributed by atoms with Gasteiger partial charge in [-0.2, -0.15) is 11.8 Å². The number of nitrogens with one attached hydrogen (secondary N) is 2. The number of rotatable bonds is 3. The van der Waals surface area contributed by atoms with E-state index in [9.17, 15) is 9.90 Å². The molecule has 2 aromatic carbocycles. The Labute approximate surface area is 138 Å². The summed E-state index contributed by atoms with van der Waals surface area (Å²) < 4.78 is 0. The average molecular weight is 326 g/mol. The van der Waals surface area contributed by atoms with E-state index < -0.39 is 5.60 Å². The van der Waals surface area contributed by atoms with Crippen LogP contribution in [0.4, 0.5) is 0 Å². The largest absolute Gasteiger partial charge is 0.387 e. The van der Waals surface area contributed by atoms with Crippen LogP contribution in [-0.2, 0) is 0 Å². The standard InChI is InChI=1S/C18H18N2O2S/c21-17(19-10-18(22)7-8-23-11-18)16-9-14-13-4-2-1-3-12(13)5-6-15(14)20-16/h1-6,9,20,22H,7-8,10-11H2,(H,19,21). The van der Waals surface area contributed by atoms with Gasteiger partial charge in [0.05, 0.1) is 5.60 Å². The molecule has 1 aliphatic rings. The first-order valence-corrected chi connectivity index (χ1v) is 8.89. The number of aliphatic hydroxyl groups is 1. The molecule has 118 valence electrons. The van der Waals surface area contributed by atoms with E-state index in [2.05, 4.69) is 22.4 Å². The molecule has 1 atom stereocenters. The average Bonchev–Trinajstić information content (AvgIpc) is 3.19. The first-order chi connectivity index (χ1) is 11.1. The third-order valence-corrected chi connectivity index (χ3v) is 5.67. The normalized spacial score (nSPS) is 21.1. The van der Waals surface area contributed by atoms with Crippen LogP contribution in [0.15, 0.2) is 42.5 Å². The maximum absolute atomic E-state index is 12.4. The maximum atomic E-state index is 12.4. The molecule has 3 aromatic rings. The van der Waals surface area contributed by atoms with Crippen LogP contribution in [0.2, 0.25) is 0 Å². The van der Waals surface area contributed by atoms with Crippen LogP contribution in [-0.4, -0.2) is 39.6 Å². The summed E-state index contributed by atoms with van der Waals surface area (Å²) >= 11 is 1.72. The smallest absolute Gasteiger partial charge is 0.267 e. The van der Waals surface area contributed by atoms with E-state index in [-0.39, 0.29) is 5.91 Å². The predicted molar refractivity (Wildman–Crippen MR) is 95.0 cm³/mol. The molecule has 0 saturated carbocycles. The van der Waals surface area contributed by atoms with Gasteiger partial charge >= 0.3 is 0 Å². The summed E-state index contributed by atoms with van der Waals surface area (Å²) in [6.45, 7) is 0.301. The lowest BCUT2D eigenvalue weighted by Gasteiger charge is -2.21. The van der Waals surface area contributed by atoms with E-state index in [1.807, 2.05) is 30.3 Å². The van der Waals surface area contributed by atoms with Gasteiger partial charge in [-0.25, -0.2) is 0 Å². The van der Waals surface area contributed by atoms with Crippen LogP contribution in [0, 0.1) is 0 Å². The summed E-state index contributed by atoms with van der Waals surface area (Å²) in [7, 11) is 0. The van der Waals surface area contributed by atoms with Crippen LogP contribution >= 0.6 is 11.8 Å². The molecule has 1 unspecified atom stereocenters. The van der Waals surface area contributed by atoms with Crippen molar-refractivity contribution in [3.8, 4) is 0 Å². The Morgan fingerprint density at radius 3 is 2.96 bits per heavy atom. The molecule has 1 aromatic heterocycles. The summed E-state index contributed by atoms with van der Waals surface area (Å²) in [6.07, 6.45) is 0.731. The minimum atomic E-state index is -0.765. The number of fused-ring (bicyclic) bond motifs is 3. The molecular weight excluding hydrogens is 308 g/mol. The number of hydrogen-bond acceptors (Lipinski definition) is 3. The van der Waals surface area contributed by atoms with E-state index in [4.69, 9.17) is 0 Å². The fraction of sp³-hybridized carbons (Fsp3) is 0.278. The first-order valence-electron chi connectivity index (χ1n) is 7.73. The highest BCUT2D eigenvalue weighted by Crippen LogP contribution is 2.28. The van der Waals surface area contributed by atoms with Crippen molar-refractivity contribution in [1.29, 1.82) is 0 Å². The molecule has 0 radical (unpaired) electrons. The molecule has 1 fully saturated rings. The Kier molecular flexibility index (Phi) is 3.54. The number of aromatic amines is 1. The second kappa shape index (κ2) is 5.58. The van der Waals surface area contributed by atoms with Gasteiger partial charge in [0, 0.05) is 23.2 Å². The van der Waals surface area contributed by atoms with E-state index in [1.54, 1.807) is 11.8 Å². The molecule has 5 heteroatoms. The zero-order valence-electron chi connectivity index (χ0n) is 12.6. The lowest BCUT2D eigenvalue weighted by molar-refractivity contribution is 0.0611. The van der Waals surface area contributed by atoms with Crippen LogP contribution < -0.4 is 5.32 Å². The van der Waals surface area contributed by atoms with Gasteiger partial charge in [0.15, 0.2) is 0 Å². The highest BCUT2D eigenvalue weighted by molar-refractivity contribution is 7.99. The van der Waals surface area contributed by atoms with Gasteiger partial charge in [-0.05, 0) is 35.1 Å². The summed E-state index contributed by atoms with van der Waals surface area (Å²) in [4.78, 5) is 15.6. The van der Waals surface area contributed by atoms with Crippen LogP contribution in [0.5, 0.6) is 0 Å². The number of H-pyrrole nitrogens is 1. The second-order valence-corrected chi connectivity index (χ2v) is 7.25. The SMILES string of the molecule is O=C(NCC1(O)CCSC1)c1cc2c(ccc3ccccc32)[nH]1. The molecule has 0 aliphatic carbocycles. The van der Waals surface area contributed by atoms with Crippen molar-refractivity contribution < 1.29 is 9.90 Å². The number of carbonyl (C=O) groups excluding carboxylic acids is 1. The third-order valence-electron chi connectivity index (χ3n) is 4.43. The maximum Gasteiger partial charge on any atom is 0.267 e. The van der Waals surface area contributed by atoms with Crippen LogP contribution in [0.3, 0.4) is 0 Å². The summed E-state index contributed by atoms with van der Waals surface area (Å²) in [5, 5.41) is 16.5. The number of aromatic nitrogens is 1. The van der Waals surface area contributed by atoms with Gasteiger partial charge in [0.1, 0.15) is 5.69 Å². The molecule has 2 heterocycles. The lowest BCUT2D eigenvalue weighted by atomic mass is 10.0. The minimum absolute atomic E-state index is 0.171. The fourth-order valence-corrected chi connectivity index (χ4v) is 4.38. The molecular formula is C18H18N2O2S. The molecule has 0 spiro atoms. The van der Waals surface area contributed by atoms with Crippen molar-refractivity contribution in [3.05, 3.63) is 48.2 Å². The Morgan fingerprint density at radius 2 is 2.13 bits per heavy atom. The molecule has 1 aliphatic heterocycles. The number of thioether (sulfide) groups is 1. The van der Waals surface area contributed by atoms with Gasteiger partial charge < -0.3 is 15.4 Å². The van der Waals surface area contributed by atoms with Gasteiger partial charge in [-0.15, -0.1) is 0 Å². The highest BCUT2D eigenvalue weighted by atomic mass is 32.2. The molecule has 4 rings (SSSR count). The Hall–Kier alpha value is -1.98. The zero-order chi connectivity index (χ0) is 15.9. The molecule has 1 amide bonds. The van der Waals surface area contributed by atoms with Gasteiger partial charge in [-0.3, -0.25) is 4.79 Å². The lowest BCUT2D eigenvalue weighted by Crippen LogP contribution is -2.43. The van der Waals surface area contributed by atoms with E-state index in [0.29, 0.717) is 18.0 Å². The van der Waals surface area contributed by atoms with Crippen molar-refractivity contribution >= 4 is 39.3 Å².